The van der Waals surface area contributed by atoms with Crippen LogP contribution in [0.25, 0.3) is 0 Å². The summed E-state index contributed by atoms with van der Waals surface area (Å²) in [7, 11) is -2.37. The topological polar surface area (TPSA) is 70.2 Å². The lowest BCUT2D eigenvalue weighted by molar-refractivity contribution is -0.129. The van der Waals surface area contributed by atoms with Crippen LogP contribution in [0.3, 0.4) is 0 Å². The summed E-state index contributed by atoms with van der Waals surface area (Å²) in [6, 6.07) is 19.5. The monoisotopic (exact) mass is 527 g/mol. The average Bonchev–Trinajstić information content (AvgIpc) is 2.89. The first-order valence-electron chi connectivity index (χ1n) is 11.7. The molecule has 1 heterocycles. The van der Waals surface area contributed by atoms with Crippen LogP contribution in [-0.2, 0) is 14.8 Å². The summed E-state index contributed by atoms with van der Waals surface area (Å²) in [6.45, 7) is 5.64. The van der Waals surface area contributed by atoms with E-state index in [0.717, 1.165) is 17.0 Å². The number of aryl methyl sites for hydroxylation is 1. The van der Waals surface area contributed by atoms with Gasteiger partial charge in [0.05, 0.1) is 17.7 Å². The number of hydrogen-bond donors (Lipinski definition) is 0. The van der Waals surface area contributed by atoms with Crippen molar-refractivity contribution in [3.63, 3.8) is 0 Å². The molecule has 0 atom stereocenters. The summed E-state index contributed by atoms with van der Waals surface area (Å²) in [4.78, 5) is 17.4. The Morgan fingerprint density at radius 1 is 0.944 bits per heavy atom. The van der Waals surface area contributed by atoms with E-state index in [1.165, 1.54) is 4.31 Å². The minimum atomic E-state index is -4.00. The van der Waals surface area contributed by atoms with Gasteiger partial charge in [0.2, 0.25) is 5.91 Å². The number of hydrogen-bond acceptors (Lipinski definition) is 5. The number of halogens is 1. The van der Waals surface area contributed by atoms with Crippen molar-refractivity contribution in [3.05, 3.63) is 82.9 Å². The molecule has 1 saturated heterocycles. The van der Waals surface area contributed by atoms with Gasteiger partial charge in [-0.1, -0.05) is 35.4 Å². The molecule has 0 aliphatic carbocycles. The van der Waals surface area contributed by atoms with Gasteiger partial charge >= 0.3 is 0 Å². The summed E-state index contributed by atoms with van der Waals surface area (Å²) >= 11 is 6.32. The molecule has 190 valence electrons. The van der Waals surface area contributed by atoms with Crippen LogP contribution >= 0.6 is 11.6 Å². The number of anilines is 2. The molecular weight excluding hydrogens is 498 g/mol. The van der Waals surface area contributed by atoms with E-state index in [9.17, 15) is 13.2 Å². The van der Waals surface area contributed by atoms with Gasteiger partial charge in [0.25, 0.3) is 10.0 Å². The maximum atomic E-state index is 13.7. The average molecular weight is 528 g/mol. The molecule has 1 aliphatic rings. The van der Waals surface area contributed by atoms with Crippen molar-refractivity contribution in [3.8, 4) is 5.75 Å². The first-order valence-corrected chi connectivity index (χ1v) is 13.5. The molecule has 9 heteroatoms. The van der Waals surface area contributed by atoms with Crippen LogP contribution < -0.4 is 13.9 Å². The van der Waals surface area contributed by atoms with Gasteiger partial charge in [-0.05, 0) is 67.9 Å². The van der Waals surface area contributed by atoms with E-state index in [4.69, 9.17) is 16.3 Å². The normalized spacial score (nSPS) is 14.0. The Kier molecular flexibility index (Phi) is 7.76. The third-order valence-corrected chi connectivity index (χ3v) is 8.65. The molecular formula is C27H30ClN3O4S. The van der Waals surface area contributed by atoms with E-state index < -0.39 is 10.0 Å². The van der Waals surface area contributed by atoms with Crippen molar-refractivity contribution >= 4 is 38.9 Å². The van der Waals surface area contributed by atoms with Crippen LogP contribution in [0.2, 0.25) is 5.02 Å². The fourth-order valence-electron chi connectivity index (χ4n) is 4.23. The van der Waals surface area contributed by atoms with Crippen molar-refractivity contribution in [1.82, 2.24) is 4.90 Å². The number of rotatable bonds is 7. The Morgan fingerprint density at radius 2 is 1.58 bits per heavy atom. The maximum Gasteiger partial charge on any atom is 0.264 e. The smallest absolute Gasteiger partial charge is 0.264 e. The minimum Gasteiger partial charge on any atom is -0.497 e. The van der Waals surface area contributed by atoms with E-state index >= 15 is 0 Å². The lowest BCUT2D eigenvalue weighted by atomic mass is 10.2. The number of nitrogens with zero attached hydrogens (tertiary/aromatic N) is 3. The highest BCUT2D eigenvalue weighted by Gasteiger charge is 2.31. The van der Waals surface area contributed by atoms with Crippen molar-refractivity contribution < 1.29 is 17.9 Å². The summed E-state index contributed by atoms with van der Waals surface area (Å²) in [5.41, 5.74) is 3.01. The van der Waals surface area contributed by atoms with Gasteiger partial charge in [-0.2, -0.15) is 0 Å². The van der Waals surface area contributed by atoms with E-state index in [1.54, 1.807) is 61.4 Å². The third kappa shape index (κ3) is 5.44. The fraction of sp³-hybridized carbons (Fsp3) is 0.296. The number of benzene rings is 3. The van der Waals surface area contributed by atoms with Crippen molar-refractivity contribution in [2.75, 3.05) is 49.0 Å². The minimum absolute atomic E-state index is 0.129. The SMILES string of the molecule is COc1ccc(N2CCN(C(=O)CN(c3cccc(Cl)c3C)S(=O)(=O)c3ccc(C)cc3)CC2)cc1. The van der Waals surface area contributed by atoms with Crippen LogP contribution in [0.15, 0.2) is 71.6 Å². The van der Waals surface area contributed by atoms with Gasteiger partial charge < -0.3 is 14.5 Å². The van der Waals surface area contributed by atoms with Crippen LogP contribution in [0.4, 0.5) is 11.4 Å². The van der Waals surface area contributed by atoms with Gasteiger partial charge in [-0.3, -0.25) is 9.10 Å². The van der Waals surface area contributed by atoms with Crippen molar-refractivity contribution in [2.45, 2.75) is 18.7 Å². The predicted octanol–water partition coefficient (Wildman–Crippen LogP) is 4.51. The molecule has 0 saturated carbocycles. The molecule has 1 aliphatic heterocycles. The van der Waals surface area contributed by atoms with Gasteiger partial charge in [0.15, 0.2) is 0 Å². The van der Waals surface area contributed by atoms with E-state index in [2.05, 4.69) is 4.90 Å². The quantitative estimate of drug-likeness (QED) is 0.452. The second-order valence-corrected chi connectivity index (χ2v) is 11.0. The lowest BCUT2D eigenvalue weighted by Gasteiger charge is -2.37. The molecule has 0 N–H and O–H groups in total. The van der Waals surface area contributed by atoms with Crippen LogP contribution in [0.5, 0.6) is 5.75 Å². The number of methoxy groups -OCH3 is 1. The molecule has 7 nitrogen and oxygen atoms in total. The Bertz CT molecular complexity index is 1320. The summed E-state index contributed by atoms with van der Waals surface area (Å²) < 4.78 is 33.8. The molecule has 0 unspecified atom stereocenters. The highest BCUT2D eigenvalue weighted by molar-refractivity contribution is 7.92. The van der Waals surface area contributed by atoms with Gasteiger partial charge in [-0.25, -0.2) is 8.42 Å². The van der Waals surface area contributed by atoms with Crippen LogP contribution in [0, 0.1) is 13.8 Å². The second-order valence-electron chi connectivity index (χ2n) is 8.77. The summed E-state index contributed by atoms with van der Waals surface area (Å²) in [6.07, 6.45) is 0. The number of amides is 1. The highest BCUT2D eigenvalue weighted by atomic mass is 35.5. The van der Waals surface area contributed by atoms with Gasteiger partial charge in [0, 0.05) is 36.9 Å². The standard InChI is InChI=1S/C27H30ClN3O4S/c1-20-7-13-24(14-8-20)36(33,34)31(26-6-4-5-25(28)21(26)2)19-27(32)30-17-15-29(16-18-30)22-9-11-23(35-3)12-10-22/h4-14H,15-19H2,1-3H3. The zero-order valence-electron chi connectivity index (χ0n) is 20.6. The molecule has 3 aromatic carbocycles. The Hall–Kier alpha value is -3.23. The zero-order chi connectivity index (χ0) is 25.9. The van der Waals surface area contributed by atoms with E-state index in [0.29, 0.717) is 42.5 Å². The summed E-state index contributed by atoms with van der Waals surface area (Å²) in [5, 5.41) is 0.442. The molecule has 0 spiro atoms. The van der Waals surface area contributed by atoms with E-state index in [-0.39, 0.29) is 17.3 Å². The third-order valence-electron chi connectivity index (χ3n) is 6.47. The maximum absolute atomic E-state index is 13.7. The van der Waals surface area contributed by atoms with Gasteiger partial charge in [-0.15, -0.1) is 0 Å². The van der Waals surface area contributed by atoms with Crippen molar-refractivity contribution in [2.24, 2.45) is 0 Å². The Morgan fingerprint density at radius 3 is 2.19 bits per heavy atom. The number of ether oxygens (including phenoxy) is 1. The molecule has 36 heavy (non-hydrogen) atoms. The Labute approximate surface area is 217 Å². The largest absolute Gasteiger partial charge is 0.497 e. The number of piperazine rings is 1. The van der Waals surface area contributed by atoms with E-state index in [1.807, 2.05) is 31.2 Å². The van der Waals surface area contributed by atoms with Crippen molar-refractivity contribution in [1.29, 1.82) is 0 Å². The number of carbonyl (C=O) groups excluding carboxylic acids is 1. The molecule has 0 aromatic heterocycles. The first kappa shape index (κ1) is 25.9. The molecule has 1 fully saturated rings. The molecule has 0 radical (unpaired) electrons. The van der Waals surface area contributed by atoms with Crippen LogP contribution in [-0.4, -0.2) is 59.1 Å². The molecule has 0 bridgehead atoms. The molecule has 4 rings (SSSR count). The zero-order valence-corrected chi connectivity index (χ0v) is 22.2. The highest BCUT2D eigenvalue weighted by Crippen LogP contribution is 2.31. The van der Waals surface area contributed by atoms with Gasteiger partial charge in [0.1, 0.15) is 12.3 Å². The predicted molar refractivity (Wildman–Crippen MR) is 144 cm³/mol. The Balaban J connectivity index is 1.54. The number of carbonyl (C=O) groups is 1. The summed E-state index contributed by atoms with van der Waals surface area (Å²) in [5.74, 6) is 0.540. The van der Waals surface area contributed by atoms with Crippen LogP contribution in [0.1, 0.15) is 11.1 Å². The lowest BCUT2D eigenvalue weighted by Crippen LogP contribution is -2.52. The second kappa shape index (κ2) is 10.8. The molecule has 1 amide bonds. The molecule has 3 aromatic rings. The fourth-order valence-corrected chi connectivity index (χ4v) is 5.87. The first-order chi connectivity index (χ1) is 17.2. The number of sulfonamides is 1.